The summed E-state index contributed by atoms with van der Waals surface area (Å²) in [4.78, 5) is 15.6. The summed E-state index contributed by atoms with van der Waals surface area (Å²) >= 11 is 0. The summed E-state index contributed by atoms with van der Waals surface area (Å²) in [6.07, 6.45) is 2.69. The Kier molecular flexibility index (Phi) is 4.40. The molecule has 22 heavy (non-hydrogen) atoms. The van der Waals surface area contributed by atoms with Gasteiger partial charge in [0, 0.05) is 37.9 Å². The molecular weight excluding hydrogens is 282 g/mol. The number of anilines is 1. The number of benzene rings is 1. The number of piperazine rings is 1. The predicted molar refractivity (Wildman–Crippen MR) is 86.2 cm³/mol. The van der Waals surface area contributed by atoms with Crippen LogP contribution in [0, 0.1) is 10.1 Å². The lowest BCUT2D eigenvalue weighted by Crippen LogP contribution is -2.44. The maximum absolute atomic E-state index is 11.3. The minimum Gasteiger partial charge on any atom is -0.377 e. The zero-order valence-electron chi connectivity index (χ0n) is 12.8. The van der Waals surface area contributed by atoms with Crippen LogP contribution in [0.4, 0.5) is 11.4 Å². The molecule has 1 saturated heterocycles. The van der Waals surface area contributed by atoms with Crippen LogP contribution in [0.2, 0.25) is 0 Å². The molecule has 1 aromatic carbocycles. The summed E-state index contributed by atoms with van der Waals surface area (Å²) in [7, 11) is 2.12. The van der Waals surface area contributed by atoms with Crippen molar-refractivity contribution in [3.63, 3.8) is 0 Å². The molecule has 6 nitrogen and oxygen atoms in total. The van der Waals surface area contributed by atoms with Gasteiger partial charge in [-0.1, -0.05) is 6.08 Å². The maximum Gasteiger partial charge on any atom is 0.277 e. The van der Waals surface area contributed by atoms with E-state index < -0.39 is 0 Å². The van der Waals surface area contributed by atoms with Crippen molar-refractivity contribution in [2.45, 2.75) is 6.42 Å². The van der Waals surface area contributed by atoms with E-state index in [9.17, 15) is 10.1 Å². The first-order chi connectivity index (χ1) is 10.6. The first kappa shape index (κ1) is 15.0. The van der Waals surface area contributed by atoms with Crippen molar-refractivity contribution in [3.8, 4) is 0 Å². The molecule has 2 aliphatic rings. The highest BCUT2D eigenvalue weighted by molar-refractivity contribution is 5.76. The molecule has 0 saturated carbocycles. The molecule has 2 aliphatic heterocycles. The van der Waals surface area contributed by atoms with Crippen LogP contribution in [0.1, 0.15) is 12.0 Å². The summed E-state index contributed by atoms with van der Waals surface area (Å²) in [5, 5.41) is 11.3. The lowest BCUT2D eigenvalue weighted by atomic mass is 9.98. The summed E-state index contributed by atoms with van der Waals surface area (Å²) in [6.45, 7) is 5.10. The molecule has 1 fully saturated rings. The number of hydrogen-bond donors (Lipinski definition) is 0. The Morgan fingerprint density at radius 3 is 2.64 bits per heavy atom. The van der Waals surface area contributed by atoms with Crippen LogP contribution in [0.25, 0.3) is 5.57 Å². The van der Waals surface area contributed by atoms with Gasteiger partial charge in [0.2, 0.25) is 0 Å². The molecule has 0 unspecified atom stereocenters. The molecule has 0 amide bonds. The largest absolute Gasteiger partial charge is 0.377 e. The van der Waals surface area contributed by atoms with Gasteiger partial charge in [-0.15, -0.1) is 0 Å². The van der Waals surface area contributed by atoms with Crippen molar-refractivity contribution in [1.29, 1.82) is 0 Å². The fourth-order valence-electron chi connectivity index (χ4n) is 2.97. The lowest BCUT2D eigenvalue weighted by molar-refractivity contribution is -0.385. The monoisotopic (exact) mass is 303 g/mol. The van der Waals surface area contributed by atoms with Gasteiger partial charge >= 0.3 is 0 Å². The molecular formula is C16H21N3O3. The summed E-state index contributed by atoms with van der Waals surface area (Å²) in [5.74, 6) is 0. The van der Waals surface area contributed by atoms with Gasteiger partial charge in [-0.2, -0.15) is 0 Å². The summed E-state index contributed by atoms with van der Waals surface area (Å²) in [5.41, 5.74) is 3.02. The fraction of sp³-hybridized carbons (Fsp3) is 0.500. The SMILES string of the molecule is CN1CCN(c2ccc([N+](=O)[O-])c(C3=CCOCC3)c2)CC1. The number of nitrogens with zero attached hydrogens (tertiary/aromatic N) is 3. The molecule has 0 aromatic heterocycles. The second kappa shape index (κ2) is 6.46. The second-order valence-electron chi connectivity index (χ2n) is 5.80. The Hall–Kier alpha value is -1.92. The average molecular weight is 303 g/mol. The summed E-state index contributed by atoms with van der Waals surface area (Å²) < 4.78 is 5.32. The molecule has 0 N–H and O–H groups in total. The molecule has 0 bridgehead atoms. The molecule has 1 aromatic rings. The van der Waals surface area contributed by atoms with E-state index in [0.717, 1.165) is 49.4 Å². The van der Waals surface area contributed by atoms with Crippen LogP contribution in [-0.2, 0) is 4.74 Å². The van der Waals surface area contributed by atoms with Gasteiger partial charge in [0.25, 0.3) is 5.69 Å². The van der Waals surface area contributed by atoms with E-state index in [1.165, 1.54) is 0 Å². The zero-order chi connectivity index (χ0) is 15.5. The zero-order valence-corrected chi connectivity index (χ0v) is 12.8. The van der Waals surface area contributed by atoms with E-state index in [-0.39, 0.29) is 10.6 Å². The van der Waals surface area contributed by atoms with E-state index in [1.807, 2.05) is 18.2 Å². The highest BCUT2D eigenvalue weighted by Gasteiger charge is 2.22. The first-order valence-electron chi connectivity index (χ1n) is 7.64. The number of hydrogen-bond acceptors (Lipinski definition) is 5. The molecule has 118 valence electrons. The minimum absolute atomic E-state index is 0.186. The standard InChI is InChI=1S/C16H21N3O3/c1-17-6-8-18(9-7-17)14-2-3-16(19(20)21)15(12-14)13-4-10-22-11-5-13/h2-4,12H,5-11H2,1H3. The third-order valence-electron chi connectivity index (χ3n) is 4.35. The van der Waals surface area contributed by atoms with Crippen LogP contribution in [-0.4, -0.2) is 56.3 Å². The quantitative estimate of drug-likeness (QED) is 0.632. The number of rotatable bonds is 3. The van der Waals surface area contributed by atoms with Crippen molar-refractivity contribution in [2.24, 2.45) is 0 Å². The molecule has 6 heteroatoms. The van der Waals surface area contributed by atoms with E-state index in [1.54, 1.807) is 6.07 Å². The van der Waals surface area contributed by atoms with Crippen LogP contribution in [0.5, 0.6) is 0 Å². The Morgan fingerprint density at radius 2 is 2.00 bits per heavy atom. The van der Waals surface area contributed by atoms with Gasteiger partial charge in [-0.05, 0) is 31.2 Å². The van der Waals surface area contributed by atoms with Crippen LogP contribution >= 0.6 is 0 Å². The highest BCUT2D eigenvalue weighted by Crippen LogP contribution is 2.33. The molecule has 2 heterocycles. The van der Waals surface area contributed by atoms with E-state index >= 15 is 0 Å². The number of nitro groups is 1. The normalized spacial score (nSPS) is 19.9. The Morgan fingerprint density at radius 1 is 1.23 bits per heavy atom. The number of ether oxygens (including phenoxy) is 1. The first-order valence-corrected chi connectivity index (χ1v) is 7.64. The molecule has 0 aliphatic carbocycles. The van der Waals surface area contributed by atoms with Crippen molar-refractivity contribution in [1.82, 2.24) is 4.90 Å². The van der Waals surface area contributed by atoms with Crippen LogP contribution < -0.4 is 4.90 Å². The Balaban J connectivity index is 1.93. The molecule has 0 radical (unpaired) electrons. The number of nitro benzene ring substituents is 1. The third kappa shape index (κ3) is 3.13. The smallest absolute Gasteiger partial charge is 0.277 e. The van der Waals surface area contributed by atoms with Crippen molar-refractivity contribution < 1.29 is 9.66 Å². The third-order valence-corrected chi connectivity index (χ3v) is 4.35. The van der Waals surface area contributed by atoms with Crippen LogP contribution in [0.15, 0.2) is 24.3 Å². The van der Waals surface area contributed by atoms with E-state index in [2.05, 4.69) is 16.8 Å². The second-order valence-corrected chi connectivity index (χ2v) is 5.80. The van der Waals surface area contributed by atoms with Gasteiger partial charge in [0.05, 0.1) is 23.7 Å². The van der Waals surface area contributed by atoms with Crippen molar-refractivity contribution >= 4 is 16.9 Å². The van der Waals surface area contributed by atoms with Crippen LogP contribution in [0.3, 0.4) is 0 Å². The Bertz CT molecular complexity index is 592. The molecule has 0 atom stereocenters. The maximum atomic E-state index is 11.3. The topological polar surface area (TPSA) is 58.9 Å². The van der Waals surface area contributed by atoms with Gasteiger partial charge in [0.15, 0.2) is 0 Å². The molecule has 0 spiro atoms. The van der Waals surface area contributed by atoms with Gasteiger partial charge in [-0.25, -0.2) is 0 Å². The van der Waals surface area contributed by atoms with Crippen molar-refractivity contribution in [2.75, 3.05) is 51.3 Å². The van der Waals surface area contributed by atoms with Gasteiger partial charge in [0.1, 0.15) is 0 Å². The van der Waals surface area contributed by atoms with Gasteiger partial charge in [-0.3, -0.25) is 10.1 Å². The minimum atomic E-state index is -0.292. The summed E-state index contributed by atoms with van der Waals surface area (Å²) in [6, 6.07) is 5.48. The Labute approximate surface area is 130 Å². The molecule has 3 rings (SSSR count). The lowest BCUT2D eigenvalue weighted by Gasteiger charge is -2.34. The average Bonchev–Trinajstić information content (AvgIpc) is 2.56. The number of likely N-dealkylation sites (N-methyl/N-ethyl adjacent to an activating group) is 1. The van der Waals surface area contributed by atoms with Gasteiger partial charge < -0.3 is 14.5 Å². The highest BCUT2D eigenvalue weighted by atomic mass is 16.6. The fourth-order valence-corrected chi connectivity index (χ4v) is 2.97. The van der Waals surface area contributed by atoms with E-state index in [0.29, 0.717) is 13.2 Å². The van der Waals surface area contributed by atoms with Crippen molar-refractivity contribution in [3.05, 3.63) is 40.0 Å². The van der Waals surface area contributed by atoms with E-state index in [4.69, 9.17) is 4.74 Å². The predicted octanol–water partition coefficient (Wildman–Crippen LogP) is 2.15.